The van der Waals surface area contributed by atoms with Gasteiger partial charge in [-0.15, -0.1) is 0 Å². The van der Waals surface area contributed by atoms with Crippen LogP contribution < -0.4 is 0 Å². The zero-order valence-electron chi connectivity index (χ0n) is 12.1. The van der Waals surface area contributed by atoms with Crippen molar-refractivity contribution in [3.8, 4) is 0 Å². The van der Waals surface area contributed by atoms with Gasteiger partial charge in [-0.3, -0.25) is 0 Å². The van der Waals surface area contributed by atoms with Gasteiger partial charge in [0.05, 0.1) is 24.4 Å². The molecule has 0 saturated carbocycles. The minimum absolute atomic E-state index is 0.0714. The molecule has 2 saturated heterocycles. The van der Waals surface area contributed by atoms with Crippen molar-refractivity contribution in [2.24, 2.45) is 0 Å². The van der Waals surface area contributed by atoms with E-state index in [2.05, 4.69) is 0 Å². The molecule has 1 unspecified atom stereocenters. The number of carboxylic acid groups (broad SMARTS) is 1. The van der Waals surface area contributed by atoms with Crippen molar-refractivity contribution < 1.29 is 24.5 Å². The molecule has 0 aromatic carbocycles. The number of aliphatic hydroxyl groups is 1. The number of ether oxygens (including phenoxy) is 1. The summed E-state index contributed by atoms with van der Waals surface area (Å²) in [6, 6.07) is -1.28. The van der Waals surface area contributed by atoms with E-state index in [1.807, 2.05) is 20.8 Å². The molecular weight excluding hydrogens is 264 g/mol. The van der Waals surface area contributed by atoms with Crippen LogP contribution in [-0.4, -0.2) is 75.5 Å². The summed E-state index contributed by atoms with van der Waals surface area (Å²) < 4.78 is 5.73. The van der Waals surface area contributed by atoms with Crippen molar-refractivity contribution in [1.82, 2.24) is 9.80 Å². The number of hydrogen-bond donors (Lipinski definition) is 2. The maximum atomic E-state index is 12.5. The van der Waals surface area contributed by atoms with Crippen LogP contribution in [0.25, 0.3) is 0 Å². The second-order valence-corrected chi connectivity index (χ2v) is 6.25. The lowest BCUT2D eigenvalue weighted by molar-refractivity contribution is -0.142. The first-order valence-electron chi connectivity index (χ1n) is 6.84. The summed E-state index contributed by atoms with van der Waals surface area (Å²) >= 11 is 0. The number of amides is 2. The third-order valence-electron chi connectivity index (χ3n) is 3.65. The number of rotatable bonds is 1. The van der Waals surface area contributed by atoms with E-state index in [1.54, 1.807) is 4.90 Å². The Balaban J connectivity index is 2.12. The van der Waals surface area contributed by atoms with Crippen LogP contribution >= 0.6 is 0 Å². The summed E-state index contributed by atoms with van der Waals surface area (Å²) in [5.41, 5.74) is -0.454. The Hall–Kier alpha value is -1.34. The van der Waals surface area contributed by atoms with Crippen molar-refractivity contribution >= 4 is 12.0 Å². The number of hydrogen-bond acceptors (Lipinski definition) is 4. The van der Waals surface area contributed by atoms with Crippen LogP contribution in [-0.2, 0) is 9.53 Å². The van der Waals surface area contributed by atoms with E-state index in [1.165, 1.54) is 4.90 Å². The largest absolute Gasteiger partial charge is 0.480 e. The molecule has 0 radical (unpaired) electrons. The number of β-amino-alcohol motifs (C(OH)–C–C–N with tert-alkyl or cyclic N) is 1. The number of carbonyl (C=O) groups excluding carboxylic acids is 1. The zero-order chi connectivity index (χ0) is 15.1. The molecule has 2 aliphatic heterocycles. The van der Waals surface area contributed by atoms with Crippen LogP contribution in [0.15, 0.2) is 0 Å². The maximum Gasteiger partial charge on any atom is 0.326 e. The molecule has 114 valence electrons. The third kappa shape index (κ3) is 3.04. The molecule has 2 rings (SSSR count). The van der Waals surface area contributed by atoms with E-state index in [0.717, 1.165) is 0 Å². The molecule has 3 atom stereocenters. The molecule has 2 amide bonds. The van der Waals surface area contributed by atoms with Gasteiger partial charge in [0.25, 0.3) is 0 Å². The predicted molar refractivity (Wildman–Crippen MR) is 70.3 cm³/mol. The number of aliphatic hydroxyl groups excluding tert-OH is 1. The first-order valence-corrected chi connectivity index (χ1v) is 6.84. The minimum Gasteiger partial charge on any atom is -0.480 e. The Morgan fingerprint density at radius 1 is 1.30 bits per heavy atom. The number of morpholine rings is 1. The van der Waals surface area contributed by atoms with E-state index < -0.39 is 23.7 Å². The highest BCUT2D eigenvalue weighted by Gasteiger charge is 2.43. The second-order valence-electron chi connectivity index (χ2n) is 6.25. The fourth-order valence-corrected chi connectivity index (χ4v) is 3.04. The van der Waals surface area contributed by atoms with Crippen molar-refractivity contribution in [2.75, 3.05) is 19.6 Å². The third-order valence-corrected chi connectivity index (χ3v) is 3.65. The highest BCUT2D eigenvalue weighted by atomic mass is 16.5. The summed E-state index contributed by atoms with van der Waals surface area (Å²) in [7, 11) is 0. The average molecular weight is 286 g/mol. The Morgan fingerprint density at radius 3 is 2.50 bits per heavy atom. The Labute approximate surface area is 118 Å². The van der Waals surface area contributed by atoms with Gasteiger partial charge in [-0.1, -0.05) is 0 Å². The smallest absolute Gasteiger partial charge is 0.326 e. The average Bonchev–Trinajstić information content (AvgIpc) is 2.67. The Bertz CT molecular complexity index is 412. The standard InChI is InChI=1S/C13H22N2O5/c1-8-5-14(7-13(2,3)20-8)12(19)15-6-9(16)4-10(15)11(17)18/h8-10,16H,4-7H2,1-3H3,(H,17,18)/t8?,9-,10-/m0/s1. The molecule has 2 heterocycles. The fourth-order valence-electron chi connectivity index (χ4n) is 3.04. The monoisotopic (exact) mass is 286 g/mol. The molecule has 2 fully saturated rings. The normalized spacial score (nSPS) is 33.3. The second kappa shape index (κ2) is 5.21. The molecule has 0 spiro atoms. The number of carboxylic acids is 1. The Kier molecular flexibility index (Phi) is 3.93. The summed E-state index contributed by atoms with van der Waals surface area (Å²) in [4.78, 5) is 26.6. The van der Waals surface area contributed by atoms with Crippen molar-refractivity contribution in [1.29, 1.82) is 0 Å². The molecule has 7 nitrogen and oxygen atoms in total. The molecule has 20 heavy (non-hydrogen) atoms. The van der Waals surface area contributed by atoms with Gasteiger partial charge in [0.2, 0.25) is 0 Å². The summed E-state index contributed by atoms with van der Waals surface area (Å²) in [6.07, 6.45) is -0.783. The summed E-state index contributed by atoms with van der Waals surface area (Å²) in [5, 5.41) is 18.8. The van der Waals surface area contributed by atoms with E-state index in [0.29, 0.717) is 13.1 Å². The molecule has 0 aromatic heterocycles. The maximum absolute atomic E-state index is 12.5. The van der Waals surface area contributed by atoms with Gasteiger partial charge in [0, 0.05) is 19.5 Å². The van der Waals surface area contributed by atoms with E-state index in [9.17, 15) is 14.7 Å². The van der Waals surface area contributed by atoms with Crippen LogP contribution in [0.3, 0.4) is 0 Å². The fraction of sp³-hybridized carbons (Fsp3) is 0.846. The first kappa shape index (κ1) is 15.1. The van der Waals surface area contributed by atoms with Crippen LogP contribution in [0.5, 0.6) is 0 Å². The molecule has 0 bridgehead atoms. The highest BCUT2D eigenvalue weighted by molar-refractivity contribution is 5.83. The Morgan fingerprint density at radius 2 is 1.95 bits per heavy atom. The van der Waals surface area contributed by atoms with Crippen LogP contribution in [0.4, 0.5) is 4.79 Å². The predicted octanol–water partition coefficient (Wildman–Crippen LogP) is 0.125. The molecule has 2 N–H and O–H groups in total. The molecule has 2 aliphatic rings. The van der Waals surface area contributed by atoms with Gasteiger partial charge in [0.15, 0.2) is 0 Å². The summed E-state index contributed by atoms with van der Waals surface area (Å²) in [6.45, 7) is 6.60. The van der Waals surface area contributed by atoms with Crippen molar-refractivity contribution in [2.45, 2.75) is 51.0 Å². The zero-order valence-corrected chi connectivity index (χ0v) is 12.1. The van der Waals surface area contributed by atoms with Gasteiger partial charge >= 0.3 is 12.0 Å². The first-order chi connectivity index (χ1) is 9.19. The lowest BCUT2D eigenvalue weighted by atomic mass is 10.1. The van der Waals surface area contributed by atoms with Gasteiger partial charge < -0.3 is 24.7 Å². The van der Waals surface area contributed by atoms with E-state index in [4.69, 9.17) is 9.84 Å². The van der Waals surface area contributed by atoms with Gasteiger partial charge in [-0.25, -0.2) is 9.59 Å². The van der Waals surface area contributed by atoms with Crippen LogP contribution in [0.1, 0.15) is 27.2 Å². The van der Waals surface area contributed by atoms with Gasteiger partial charge in [0.1, 0.15) is 6.04 Å². The lowest BCUT2D eigenvalue weighted by Crippen LogP contribution is -2.58. The highest BCUT2D eigenvalue weighted by Crippen LogP contribution is 2.25. The quantitative estimate of drug-likeness (QED) is 0.715. The van der Waals surface area contributed by atoms with Crippen molar-refractivity contribution in [3.63, 3.8) is 0 Å². The minimum atomic E-state index is -1.07. The number of carbonyl (C=O) groups is 2. The van der Waals surface area contributed by atoms with Gasteiger partial charge in [-0.05, 0) is 20.8 Å². The number of likely N-dealkylation sites (tertiary alicyclic amines) is 1. The molecule has 7 heteroatoms. The number of nitrogens with zero attached hydrogens (tertiary/aromatic N) is 2. The van der Waals surface area contributed by atoms with Crippen molar-refractivity contribution in [3.05, 3.63) is 0 Å². The topological polar surface area (TPSA) is 90.3 Å². The number of aliphatic carboxylic acids is 1. The SMILES string of the molecule is CC1CN(C(=O)N2C[C@@H](O)C[C@H]2C(=O)O)CC(C)(C)O1. The van der Waals surface area contributed by atoms with Crippen LogP contribution in [0.2, 0.25) is 0 Å². The lowest BCUT2D eigenvalue weighted by Gasteiger charge is -2.43. The molecule has 0 aromatic rings. The molecular formula is C13H22N2O5. The van der Waals surface area contributed by atoms with E-state index >= 15 is 0 Å². The van der Waals surface area contributed by atoms with E-state index in [-0.39, 0.29) is 25.1 Å². The van der Waals surface area contributed by atoms with Crippen LogP contribution in [0, 0.1) is 0 Å². The summed E-state index contributed by atoms with van der Waals surface area (Å²) in [5.74, 6) is -1.07. The molecule has 0 aliphatic carbocycles. The van der Waals surface area contributed by atoms with Gasteiger partial charge in [-0.2, -0.15) is 0 Å². The number of urea groups is 1.